The summed E-state index contributed by atoms with van der Waals surface area (Å²) in [7, 11) is 2.16. The first-order chi connectivity index (χ1) is 16.0. The molecule has 2 aromatic heterocycles. The maximum atomic E-state index is 12.4. The predicted octanol–water partition coefficient (Wildman–Crippen LogP) is 2.99. The van der Waals surface area contributed by atoms with Gasteiger partial charge in [0.2, 0.25) is 11.8 Å². The SMILES string of the molecule is CN1CCN(Cc2cccc(CNC(=O)Cc3csc(NC(=O)Cc4cccs4)n3)c2)CC1. The molecular formula is C24H29N5O2S2. The summed E-state index contributed by atoms with van der Waals surface area (Å²) in [5, 5.41) is 10.1. The lowest BCUT2D eigenvalue weighted by molar-refractivity contribution is -0.120. The normalized spacial score (nSPS) is 14.8. The smallest absolute Gasteiger partial charge is 0.231 e. The van der Waals surface area contributed by atoms with Crippen LogP contribution in [0.5, 0.6) is 0 Å². The second-order valence-electron chi connectivity index (χ2n) is 8.30. The van der Waals surface area contributed by atoms with Gasteiger partial charge >= 0.3 is 0 Å². The number of nitrogens with one attached hydrogen (secondary N) is 2. The van der Waals surface area contributed by atoms with Crippen LogP contribution in [0.15, 0.2) is 47.2 Å². The number of benzene rings is 1. The first-order valence-corrected chi connectivity index (χ1v) is 12.8. The summed E-state index contributed by atoms with van der Waals surface area (Å²) in [4.78, 5) is 34.7. The van der Waals surface area contributed by atoms with Crippen molar-refractivity contribution in [3.63, 3.8) is 0 Å². The summed E-state index contributed by atoms with van der Waals surface area (Å²) in [6.45, 7) is 5.81. The molecule has 2 amide bonds. The quantitative estimate of drug-likeness (QED) is 0.489. The van der Waals surface area contributed by atoms with Crippen molar-refractivity contribution in [3.05, 3.63) is 68.9 Å². The van der Waals surface area contributed by atoms with Crippen LogP contribution in [0.2, 0.25) is 0 Å². The van der Waals surface area contributed by atoms with E-state index in [2.05, 4.69) is 50.7 Å². The second kappa shape index (κ2) is 11.5. The van der Waals surface area contributed by atoms with Crippen LogP contribution >= 0.6 is 22.7 Å². The number of thiophene rings is 1. The van der Waals surface area contributed by atoms with Crippen molar-refractivity contribution in [3.8, 4) is 0 Å². The number of likely N-dealkylation sites (N-methyl/N-ethyl adjacent to an activating group) is 1. The first-order valence-electron chi connectivity index (χ1n) is 11.1. The average Bonchev–Trinajstić information content (AvgIpc) is 3.46. The third kappa shape index (κ3) is 7.46. The van der Waals surface area contributed by atoms with Gasteiger partial charge in [0.05, 0.1) is 18.5 Å². The number of anilines is 1. The number of nitrogens with zero attached hydrogens (tertiary/aromatic N) is 3. The fourth-order valence-corrected chi connectivity index (χ4v) is 5.14. The number of piperazine rings is 1. The van der Waals surface area contributed by atoms with E-state index in [1.165, 1.54) is 16.9 Å². The molecule has 2 N–H and O–H groups in total. The van der Waals surface area contributed by atoms with Gasteiger partial charge in [-0.3, -0.25) is 14.5 Å². The number of aromatic nitrogens is 1. The highest BCUT2D eigenvalue weighted by Gasteiger charge is 2.14. The highest BCUT2D eigenvalue weighted by Crippen LogP contribution is 2.17. The molecule has 1 aromatic carbocycles. The Labute approximate surface area is 202 Å². The van der Waals surface area contributed by atoms with E-state index in [0.29, 0.717) is 23.8 Å². The summed E-state index contributed by atoms with van der Waals surface area (Å²) < 4.78 is 0. The predicted molar refractivity (Wildman–Crippen MR) is 134 cm³/mol. The monoisotopic (exact) mass is 483 g/mol. The Hall–Kier alpha value is -2.59. The molecule has 1 aliphatic rings. The van der Waals surface area contributed by atoms with Gasteiger partial charge in [0.25, 0.3) is 0 Å². The van der Waals surface area contributed by atoms with Gasteiger partial charge in [0.15, 0.2) is 5.13 Å². The second-order valence-corrected chi connectivity index (χ2v) is 10.2. The molecule has 0 saturated carbocycles. The van der Waals surface area contributed by atoms with Crippen LogP contribution in [-0.2, 0) is 35.5 Å². The van der Waals surface area contributed by atoms with Gasteiger partial charge in [-0.25, -0.2) is 4.98 Å². The fourth-order valence-electron chi connectivity index (χ4n) is 3.71. The van der Waals surface area contributed by atoms with Crippen molar-refractivity contribution in [2.45, 2.75) is 25.9 Å². The van der Waals surface area contributed by atoms with Gasteiger partial charge in [0.1, 0.15) is 0 Å². The van der Waals surface area contributed by atoms with Crippen molar-refractivity contribution in [2.75, 3.05) is 38.5 Å². The van der Waals surface area contributed by atoms with Crippen LogP contribution in [0, 0.1) is 0 Å². The van der Waals surface area contributed by atoms with E-state index in [4.69, 9.17) is 0 Å². The topological polar surface area (TPSA) is 77.6 Å². The molecule has 33 heavy (non-hydrogen) atoms. The Morgan fingerprint density at radius 1 is 1.00 bits per heavy atom. The Balaban J connectivity index is 1.21. The third-order valence-electron chi connectivity index (χ3n) is 5.54. The Kier molecular flexibility index (Phi) is 8.22. The minimum absolute atomic E-state index is 0.0822. The number of carbonyl (C=O) groups excluding carboxylic acids is 2. The van der Waals surface area contributed by atoms with Gasteiger partial charge in [-0.2, -0.15) is 0 Å². The molecule has 0 unspecified atom stereocenters. The summed E-state index contributed by atoms with van der Waals surface area (Å²) >= 11 is 2.89. The molecule has 0 radical (unpaired) electrons. The minimum Gasteiger partial charge on any atom is -0.352 e. The van der Waals surface area contributed by atoms with E-state index in [9.17, 15) is 9.59 Å². The molecule has 0 spiro atoms. The molecule has 3 heterocycles. The lowest BCUT2D eigenvalue weighted by Crippen LogP contribution is -2.43. The van der Waals surface area contributed by atoms with Gasteiger partial charge in [-0.1, -0.05) is 30.3 Å². The van der Waals surface area contributed by atoms with Gasteiger partial charge in [-0.15, -0.1) is 22.7 Å². The molecule has 1 fully saturated rings. The van der Waals surface area contributed by atoms with Crippen LogP contribution in [0.1, 0.15) is 21.7 Å². The molecule has 3 aromatic rings. The number of hydrogen-bond donors (Lipinski definition) is 2. The number of carbonyl (C=O) groups is 2. The van der Waals surface area contributed by atoms with Crippen molar-refractivity contribution in [1.82, 2.24) is 20.1 Å². The summed E-state index contributed by atoms with van der Waals surface area (Å²) in [5.74, 6) is -0.180. The molecule has 7 nitrogen and oxygen atoms in total. The minimum atomic E-state index is -0.0979. The van der Waals surface area contributed by atoms with Crippen molar-refractivity contribution >= 4 is 39.6 Å². The van der Waals surface area contributed by atoms with Crippen molar-refractivity contribution < 1.29 is 9.59 Å². The van der Waals surface area contributed by atoms with Crippen LogP contribution in [0.25, 0.3) is 0 Å². The molecule has 9 heteroatoms. The first kappa shape index (κ1) is 23.6. The molecule has 174 valence electrons. The third-order valence-corrected chi connectivity index (χ3v) is 7.22. The maximum Gasteiger partial charge on any atom is 0.231 e. The molecule has 0 aliphatic carbocycles. The van der Waals surface area contributed by atoms with E-state index in [-0.39, 0.29) is 18.2 Å². The maximum absolute atomic E-state index is 12.4. The molecule has 1 saturated heterocycles. The molecule has 0 bridgehead atoms. The molecule has 1 aliphatic heterocycles. The van der Waals surface area contributed by atoms with E-state index < -0.39 is 0 Å². The molecular weight excluding hydrogens is 454 g/mol. The van der Waals surface area contributed by atoms with Crippen LogP contribution in [0.3, 0.4) is 0 Å². The van der Waals surface area contributed by atoms with Gasteiger partial charge in [0, 0.05) is 49.5 Å². The standard InChI is InChI=1S/C24H29N5O2S2/c1-28-7-9-29(10-8-28)16-19-5-2-4-18(12-19)15-25-22(30)13-20-17-33-24(26-20)27-23(31)14-21-6-3-11-32-21/h2-6,11-12,17H,7-10,13-16H2,1H3,(H,25,30)(H,26,27,31). The highest BCUT2D eigenvalue weighted by atomic mass is 32.1. The highest BCUT2D eigenvalue weighted by molar-refractivity contribution is 7.14. The van der Waals surface area contributed by atoms with E-state index in [1.54, 1.807) is 11.3 Å². The van der Waals surface area contributed by atoms with E-state index in [0.717, 1.165) is 43.2 Å². The van der Waals surface area contributed by atoms with Crippen molar-refractivity contribution in [1.29, 1.82) is 0 Å². The largest absolute Gasteiger partial charge is 0.352 e. The van der Waals surface area contributed by atoms with Crippen LogP contribution in [0.4, 0.5) is 5.13 Å². The molecule has 4 rings (SSSR count). The Morgan fingerprint density at radius 3 is 2.61 bits per heavy atom. The number of thiazole rings is 1. The number of amides is 2. The zero-order valence-corrected chi connectivity index (χ0v) is 20.4. The van der Waals surface area contributed by atoms with E-state index in [1.807, 2.05) is 29.0 Å². The zero-order valence-electron chi connectivity index (χ0n) is 18.8. The summed E-state index contributed by atoms with van der Waals surface area (Å²) in [6, 6.07) is 12.3. The Bertz CT molecular complexity index is 1060. The zero-order chi connectivity index (χ0) is 23.0. The van der Waals surface area contributed by atoms with Crippen LogP contribution in [-0.4, -0.2) is 59.8 Å². The number of hydrogen-bond acceptors (Lipinski definition) is 7. The van der Waals surface area contributed by atoms with E-state index >= 15 is 0 Å². The lowest BCUT2D eigenvalue weighted by atomic mass is 10.1. The van der Waals surface area contributed by atoms with Gasteiger partial charge < -0.3 is 15.5 Å². The van der Waals surface area contributed by atoms with Crippen molar-refractivity contribution in [2.24, 2.45) is 0 Å². The lowest BCUT2D eigenvalue weighted by Gasteiger charge is -2.32. The van der Waals surface area contributed by atoms with Crippen LogP contribution < -0.4 is 10.6 Å². The number of rotatable bonds is 9. The molecule has 0 atom stereocenters. The van der Waals surface area contributed by atoms with Gasteiger partial charge in [-0.05, 0) is 29.6 Å². The summed E-state index contributed by atoms with van der Waals surface area (Å²) in [5.41, 5.74) is 3.02. The average molecular weight is 484 g/mol. The Morgan fingerprint density at radius 2 is 1.82 bits per heavy atom. The fraction of sp³-hybridized carbons (Fsp3) is 0.375. The summed E-state index contributed by atoms with van der Waals surface area (Å²) in [6.07, 6.45) is 0.527.